The molecule has 0 fully saturated rings. The Kier molecular flexibility index (Phi) is 9.26. The Morgan fingerprint density at radius 3 is 2.17 bits per heavy atom. The number of nitrogens with one attached hydrogen (secondary N) is 3. The molecule has 0 saturated carbocycles. The Bertz CT molecular complexity index is 1170. The first kappa shape index (κ1) is 25.8. The summed E-state index contributed by atoms with van der Waals surface area (Å²) in [5, 5.41) is 8.94. The van der Waals surface area contributed by atoms with Gasteiger partial charge in [0.2, 0.25) is 11.8 Å². The van der Waals surface area contributed by atoms with Crippen LogP contribution in [0.25, 0.3) is 0 Å². The van der Waals surface area contributed by atoms with Crippen LogP contribution in [0, 0.1) is 0 Å². The van der Waals surface area contributed by atoms with Gasteiger partial charge in [-0.05, 0) is 67.9 Å². The highest BCUT2D eigenvalue weighted by Crippen LogP contribution is 2.26. The fourth-order valence-electron chi connectivity index (χ4n) is 3.46. The summed E-state index contributed by atoms with van der Waals surface area (Å²) < 4.78 is 0. The molecule has 0 aromatic heterocycles. The molecule has 0 aliphatic carbocycles. The van der Waals surface area contributed by atoms with Crippen molar-refractivity contribution in [2.45, 2.75) is 26.7 Å². The van der Waals surface area contributed by atoms with Crippen molar-refractivity contribution in [2.75, 3.05) is 33.9 Å². The number of carbonyl (C=O) groups excluding carboxylic acids is 3. The fourth-order valence-corrected chi connectivity index (χ4v) is 3.63. The number of para-hydroxylation sites is 1. The van der Waals surface area contributed by atoms with E-state index in [2.05, 4.69) is 16.0 Å². The zero-order valence-electron chi connectivity index (χ0n) is 19.8. The third kappa shape index (κ3) is 7.32. The normalized spacial score (nSPS) is 10.4. The van der Waals surface area contributed by atoms with Crippen LogP contribution in [0.15, 0.2) is 72.8 Å². The largest absolute Gasteiger partial charge is 0.376 e. The van der Waals surface area contributed by atoms with Crippen molar-refractivity contribution in [2.24, 2.45) is 0 Å². The maximum Gasteiger partial charge on any atom is 0.258 e. The zero-order chi connectivity index (χ0) is 25.2. The Morgan fingerprint density at radius 1 is 0.829 bits per heavy atom. The molecule has 0 saturated heterocycles. The van der Waals surface area contributed by atoms with Crippen molar-refractivity contribution in [3.63, 3.8) is 0 Å². The molecule has 3 amide bonds. The molecule has 0 atom stereocenters. The van der Waals surface area contributed by atoms with Crippen LogP contribution in [-0.2, 0) is 9.59 Å². The minimum Gasteiger partial charge on any atom is -0.376 e. The highest BCUT2D eigenvalue weighted by Gasteiger charge is 2.16. The van der Waals surface area contributed by atoms with Crippen LogP contribution >= 0.6 is 11.6 Å². The number of anilines is 4. The Labute approximate surface area is 210 Å². The second-order valence-corrected chi connectivity index (χ2v) is 8.26. The number of hydrogen-bond acceptors (Lipinski definition) is 4. The Balaban J connectivity index is 1.57. The van der Waals surface area contributed by atoms with E-state index in [4.69, 9.17) is 11.6 Å². The standard InChI is InChI=1S/C27H29ClN4O3/c1-3-8-25(33)30-21-15-16-23(28)24(17-21)31-26(34)18-29-20-13-11-19(12-14-20)27(35)32(4-2)22-9-6-5-7-10-22/h5-7,9-17,29H,3-4,8,18H2,1-2H3,(H,30,33)(H,31,34). The van der Waals surface area contributed by atoms with Gasteiger partial charge >= 0.3 is 0 Å². The monoisotopic (exact) mass is 492 g/mol. The fraction of sp³-hybridized carbons (Fsp3) is 0.222. The predicted molar refractivity (Wildman–Crippen MR) is 142 cm³/mol. The Hall–Kier alpha value is -3.84. The quantitative estimate of drug-likeness (QED) is 0.334. The molecule has 8 heteroatoms. The molecule has 7 nitrogen and oxygen atoms in total. The number of hydrogen-bond donors (Lipinski definition) is 3. The second-order valence-electron chi connectivity index (χ2n) is 7.86. The number of carbonyl (C=O) groups is 3. The summed E-state index contributed by atoms with van der Waals surface area (Å²) in [7, 11) is 0. The first-order chi connectivity index (χ1) is 16.9. The van der Waals surface area contributed by atoms with Crippen molar-refractivity contribution >= 4 is 52.1 Å². The Morgan fingerprint density at radius 2 is 1.51 bits per heavy atom. The molecule has 3 rings (SSSR count). The van der Waals surface area contributed by atoms with Gasteiger partial charge in [-0.2, -0.15) is 0 Å². The van der Waals surface area contributed by atoms with Crippen molar-refractivity contribution < 1.29 is 14.4 Å². The van der Waals surface area contributed by atoms with Crippen LogP contribution in [0.1, 0.15) is 37.0 Å². The predicted octanol–water partition coefficient (Wildman–Crippen LogP) is 5.80. The van der Waals surface area contributed by atoms with Crippen LogP contribution in [0.4, 0.5) is 22.7 Å². The second kappa shape index (κ2) is 12.6. The van der Waals surface area contributed by atoms with Crippen molar-refractivity contribution in [3.8, 4) is 0 Å². The maximum absolute atomic E-state index is 12.9. The lowest BCUT2D eigenvalue weighted by molar-refractivity contribution is -0.116. The summed E-state index contributed by atoms with van der Waals surface area (Å²) >= 11 is 6.20. The van der Waals surface area contributed by atoms with E-state index in [0.29, 0.717) is 40.6 Å². The average Bonchev–Trinajstić information content (AvgIpc) is 2.86. The van der Waals surface area contributed by atoms with Crippen molar-refractivity contribution in [1.29, 1.82) is 0 Å². The topological polar surface area (TPSA) is 90.5 Å². The summed E-state index contributed by atoms with van der Waals surface area (Å²) in [5.74, 6) is -0.490. The lowest BCUT2D eigenvalue weighted by Crippen LogP contribution is -2.30. The number of nitrogens with zero attached hydrogens (tertiary/aromatic N) is 1. The highest BCUT2D eigenvalue weighted by molar-refractivity contribution is 6.34. The zero-order valence-corrected chi connectivity index (χ0v) is 20.6. The summed E-state index contributed by atoms with van der Waals surface area (Å²) in [6.45, 7) is 4.41. The summed E-state index contributed by atoms with van der Waals surface area (Å²) in [6, 6.07) is 21.4. The molecule has 182 valence electrons. The smallest absolute Gasteiger partial charge is 0.258 e. The van der Waals surface area contributed by atoms with Crippen molar-refractivity contribution in [1.82, 2.24) is 0 Å². The molecule has 3 N–H and O–H groups in total. The molecule has 0 radical (unpaired) electrons. The van der Waals surface area contributed by atoms with E-state index < -0.39 is 0 Å². The molecule has 3 aromatic rings. The van der Waals surface area contributed by atoms with Gasteiger partial charge in [-0.25, -0.2) is 0 Å². The van der Waals surface area contributed by atoms with Gasteiger partial charge in [0, 0.05) is 35.6 Å². The molecule has 0 aliphatic rings. The third-order valence-corrected chi connectivity index (χ3v) is 5.55. The lowest BCUT2D eigenvalue weighted by atomic mass is 10.1. The molecule has 0 aliphatic heterocycles. The van der Waals surface area contributed by atoms with Gasteiger partial charge in [0.05, 0.1) is 17.3 Å². The van der Waals surface area contributed by atoms with Crippen molar-refractivity contribution in [3.05, 3.63) is 83.4 Å². The number of benzene rings is 3. The van der Waals surface area contributed by atoms with Gasteiger partial charge in [-0.3, -0.25) is 14.4 Å². The van der Waals surface area contributed by atoms with E-state index in [-0.39, 0.29) is 24.3 Å². The lowest BCUT2D eigenvalue weighted by Gasteiger charge is -2.21. The minimum atomic E-state index is -0.301. The average molecular weight is 493 g/mol. The van der Waals surface area contributed by atoms with E-state index >= 15 is 0 Å². The summed E-state index contributed by atoms with van der Waals surface area (Å²) in [5.41, 5.74) is 3.07. The minimum absolute atomic E-state index is 0.00113. The number of amides is 3. The van der Waals surface area contributed by atoms with E-state index in [1.54, 1.807) is 47.4 Å². The van der Waals surface area contributed by atoms with Crippen LogP contribution < -0.4 is 20.9 Å². The number of halogens is 1. The van der Waals surface area contributed by atoms with E-state index in [9.17, 15) is 14.4 Å². The molecular formula is C27H29ClN4O3. The third-order valence-electron chi connectivity index (χ3n) is 5.22. The van der Waals surface area contributed by atoms with Crippen LogP contribution in [0.2, 0.25) is 5.02 Å². The first-order valence-corrected chi connectivity index (χ1v) is 11.9. The SMILES string of the molecule is CCCC(=O)Nc1ccc(Cl)c(NC(=O)CNc2ccc(C(=O)N(CC)c3ccccc3)cc2)c1. The van der Waals surface area contributed by atoms with Crippen LogP contribution in [0.3, 0.4) is 0 Å². The molecule has 0 bridgehead atoms. The molecule has 0 unspecified atom stereocenters. The van der Waals surface area contributed by atoms with Gasteiger partial charge in [0.1, 0.15) is 0 Å². The summed E-state index contributed by atoms with van der Waals surface area (Å²) in [4.78, 5) is 38.9. The summed E-state index contributed by atoms with van der Waals surface area (Å²) in [6.07, 6.45) is 1.16. The van der Waals surface area contributed by atoms with Gasteiger partial charge in [0.25, 0.3) is 5.91 Å². The van der Waals surface area contributed by atoms with E-state index in [1.807, 2.05) is 44.2 Å². The molecule has 0 heterocycles. The van der Waals surface area contributed by atoms with Crippen LogP contribution in [0.5, 0.6) is 0 Å². The number of rotatable bonds is 10. The molecule has 0 spiro atoms. The highest BCUT2D eigenvalue weighted by atomic mass is 35.5. The van der Waals surface area contributed by atoms with E-state index in [0.717, 1.165) is 12.1 Å². The molecular weight excluding hydrogens is 464 g/mol. The van der Waals surface area contributed by atoms with E-state index in [1.165, 1.54) is 0 Å². The maximum atomic E-state index is 12.9. The first-order valence-electron chi connectivity index (χ1n) is 11.5. The van der Waals surface area contributed by atoms with Gasteiger partial charge in [-0.15, -0.1) is 0 Å². The molecule has 3 aromatic carbocycles. The molecule has 35 heavy (non-hydrogen) atoms. The van der Waals surface area contributed by atoms with Gasteiger partial charge in [0.15, 0.2) is 0 Å². The van der Waals surface area contributed by atoms with Gasteiger partial charge in [-0.1, -0.05) is 36.7 Å². The van der Waals surface area contributed by atoms with Crippen LogP contribution in [-0.4, -0.2) is 30.8 Å². The van der Waals surface area contributed by atoms with Gasteiger partial charge < -0.3 is 20.9 Å².